The second-order valence-electron chi connectivity index (χ2n) is 5.13. The molecule has 2 aliphatic rings. The van der Waals surface area contributed by atoms with E-state index in [4.69, 9.17) is 4.74 Å². The molecule has 2 N–H and O–H groups in total. The van der Waals surface area contributed by atoms with Crippen LogP contribution in [0.4, 0.5) is 10.5 Å². The molecule has 0 spiro atoms. The third-order valence-electron chi connectivity index (χ3n) is 4.03. The van der Waals surface area contributed by atoms with Gasteiger partial charge < -0.3 is 20.3 Å². The van der Waals surface area contributed by atoms with Gasteiger partial charge in [-0.25, -0.2) is 4.79 Å². The van der Waals surface area contributed by atoms with Crippen molar-refractivity contribution in [2.45, 2.75) is 12.5 Å². The zero-order valence-electron chi connectivity index (χ0n) is 11.1. The molecule has 0 saturated carbocycles. The van der Waals surface area contributed by atoms with E-state index in [1.807, 2.05) is 29.2 Å². The Bertz CT molecular complexity index is 478. The van der Waals surface area contributed by atoms with Crippen molar-refractivity contribution in [3.05, 3.63) is 24.3 Å². The van der Waals surface area contributed by atoms with Gasteiger partial charge in [-0.2, -0.15) is 0 Å². The van der Waals surface area contributed by atoms with Gasteiger partial charge in [0.25, 0.3) is 0 Å². The molecule has 102 valence electrons. The Morgan fingerprint density at radius 3 is 3.21 bits per heavy atom. The molecule has 2 fully saturated rings. The largest absolute Gasteiger partial charge is 0.497 e. The number of likely N-dealkylation sites (tertiary alicyclic amines) is 1. The van der Waals surface area contributed by atoms with Gasteiger partial charge in [0.05, 0.1) is 7.11 Å². The maximum atomic E-state index is 12.3. The molecule has 1 aromatic carbocycles. The number of benzene rings is 1. The summed E-state index contributed by atoms with van der Waals surface area (Å²) in [5.41, 5.74) is 0.777. The number of hydrogen-bond acceptors (Lipinski definition) is 3. The molecule has 0 bridgehead atoms. The first-order valence-electron chi connectivity index (χ1n) is 6.70. The van der Waals surface area contributed by atoms with Crippen LogP contribution in [0.15, 0.2) is 24.3 Å². The minimum atomic E-state index is -0.00977. The van der Waals surface area contributed by atoms with Crippen LogP contribution in [-0.2, 0) is 0 Å². The van der Waals surface area contributed by atoms with E-state index in [0.29, 0.717) is 12.0 Å². The number of nitrogens with zero attached hydrogens (tertiary/aromatic N) is 1. The van der Waals surface area contributed by atoms with Gasteiger partial charge >= 0.3 is 6.03 Å². The third kappa shape index (κ3) is 2.38. The SMILES string of the molecule is COc1cccc(NC(=O)N2CC[C@H]3CNC[C@H]32)c1. The van der Waals surface area contributed by atoms with Crippen molar-refractivity contribution in [3.8, 4) is 5.75 Å². The maximum absolute atomic E-state index is 12.3. The van der Waals surface area contributed by atoms with Crippen LogP contribution in [0.5, 0.6) is 5.75 Å². The summed E-state index contributed by atoms with van der Waals surface area (Å²) in [7, 11) is 1.62. The highest BCUT2D eigenvalue weighted by Gasteiger charge is 2.39. The predicted octanol–water partition coefficient (Wildman–Crippen LogP) is 1.52. The molecule has 2 amide bonds. The molecule has 2 aliphatic heterocycles. The average molecular weight is 261 g/mol. The van der Waals surface area contributed by atoms with Crippen LogP contribution in [0.2, 0.25) is 0 Å². The maximum Gasteiger partial charge on any atom is 0.322 e. The topological polar surface area (TPSA) is 53.6 Å². The van der Waals surface area contributed by atoms with E-state index in [1.165, 1.54) is 0 Å². The Morgan fingerprint density at radius 1 is 1.47 bits per heavy atom. The minimum Gasteiger partial charge on any atom is -0.497 e. The van der Waals surface area contributed by atoms with Gasteiger partial charge in [0.1, 0.15) is 5.75 Å². The molecule has 0 radical (unpaired) electrons. The summed E-state index contributed by atoms with van der Waals surface area (Å²) in [6.07, 6.45) is 1.10. The van der Waals surface area contributed by atoms with Crippen LogP contribution in [-0.4, -0.2) is 43.7 Å². The number of anilines is 1. The number of carbonyl (C=O) groups excluding carboxylic acids is 1. The van der Waals surface area contributed by atoms with Crippen molar-refractivity contribution in [1.29, 1.82) is 0 Å². The lowest BCUT2D eigenvalue weighted by molar-refractivity contribution is 0.206. The highest BCUT2D eigenvalue weighted by molar-refractivity contribution is 5.90. The van der Waals surface area contributed by atoms with Crippen molar-refractivity contribution < 1.29 is 9.53 Å². The van der Waals surface area contributed by atoms with E-state index < -0.39 is 0 Å². The van der Waals surface area contributed by atoms with Crippen LogP contribution < -0.4 is 15.4 Å². The first-order chi connectivity index (χ1) is 9.28. The fourth-order valence-electron chi connectivity index (χ4n) is 3.00. The molecule has 19 heavy (non-hydrogen) atoms. The molecule has 2 atom stereocenters. The summed E-state index contributed by atoms with van der Waals surface area (Å²) >= 11 is 0. The molecule has 5 nitrogen and oxygen atoms in total. The van der Waals surface area contributed by atoms with E-state index in [2.05, 4.69) is 10.6 Å². The lowest BCUT2D eigenvalue weighted by atomic mass is 10.1. The normalized spacial score (nSPS) is 25.2. The number of fused-ring (bicyclic) bond motifs is 1. The molecule has 2 saturated heterocycles. The van der Waals surface area contributed by atoms with Gasteiger partial charge in [-0.3, -0.25) is 0 Å². The lowest BCUT2D eigenvalue weighted by Gasteiger charge is -2.23. The van der Waals surface area contributed by atoms with E-state index >= 15 is 0 Å². The number of carbonyl (C=O) groups is 1. The zero-order chi connectivity index (χ0) is 13.2. The zero-order valence-corrected chi connectivity index (χ0v) is 11.1. The highest BCUT2D eigenvalue weighted by atomic mass is 16.5. The summed E-state index contributed by atoms with van der Waals surface area (Å²) in [6.45, 7) is 2.80. The summed E-state index contributed by atoms with van der Waals surface area (Å²) in [6, 6.07) is 7.79. The Hall–Kier alpha value is -1.75. The van der Waals surface area contributed by atoms with Crippen LogP contribution in [0.3, 0.4) is 0 Å². The van der Waals surface area contributed by atoms with Gasteiger partial charge in [0.2, 0.25) is 0 Å². The van der Waals surface area contributed by atoms with Gasteiger partial charge in [-0.05, 0) is 24.5 Å². The summed E-state index contributed by atoms with van der Waals surface area (Å²) in [5, 5.41) is 6.30. The van der Waals surface area contributed by atoms with Crippen LogP contribution in [0, 0.1) is 5.92 Å². The smallest absolute Gasteiger partial charge is 0.322 e. The third-order valence-corrected chi connectivity index (χ3v) is 4.03. The van der Waals surface area contributed by atoms with Crippen LogP contribution >= 0.6 is 0 Å². The van der Waals surface area contributed by atoms with Crippen molar-refractivity contribution in [2.24, 2.45) is 5.92 Å². The van der Waals surface area contributed by atoms with Gasteiger partial charge in [-0.1, -0.05) is 6.07 Å². The van der Waals surface area contributed by atoms with Crippen molar-refractivity contribution in [1.82, 2.24) is 10.2 Å². The first kappa shape index (κ1) is 12.3. The molecule has 5 heteroatoms. The van der Waals surface area contributed by atoms with E-state index in [-0.39, 0.29) is 6.03 Å². The second kappa shape index (κ2) is 5.09. The van der Waals surface area contributed by atoms with Gasteiger partial charge in [-0.15, -0.1) is 0 Å². The summed E-state index contributed by atoms with van der Waals surface area (Å²) in [4.78, 5) is 14.3. The first-order valence-corrected chi connectivity index (χ1v) is 6.70. The molecule has 0 aromatic heterocycles. The number of amides is 2. The number of methoxy groups -OCH3 is 1. The van der Waals surface area contributed by atoms with Crippen molar-refractivity contribution >= 4 is 11.7 Å². The number of urea groups is 1. The molecule has 0 unspecified atom stereocenters. The second-order valence-corrected chi connectivity index (χ2v) is 5.13. The summed E-state index contributed by atoms with van der Waals surface area (Å²) in [5.74, 6) is 1.37. The fourth-order valence-corrected chi connectivity index (χ4v) is 3.00. The Labute approximate surface area is 112 Å². The Balaban J connectivity index is 1.67. The van der Waals surface area contributed by atoms with Crippen LogP contribution in [0.25, 0.3) is 0 Å². The lowest BCUT2D eigenvalue weighted by Crippen LogP contribution is -2.41. The quantitative estimate of drug-likeness (QED) is 0.848. The minimum absolute atomic E-state index is 0.00977. The van der Waals surface area contributed by atoms with Crippen molar-refractivity contribution in [3.63, 3.8) is 0 Å². The number of rotatable bonds is 2. The monoisotopic (exact) mass is 261 g/mol. The van der Waals surface area contributed by atoms with E-state index in [0.717, 1.165) is 37.5 Å². The van der Waals surface area contributed by atoms with E-state index in [1.54, 1.807) is 7.11 Å². The highest BCUT2D eigenvalue weighted by Crippen LogP contribution is 2.28. The molecule has 0 aliphatic carbocycles. The molecule has 1 aromatic rings. The Kier molecular flexibility index (Phi) is 3.29. The van der Waals surface area contributed by atoms with Crippen molar-refractivity contribution in [2.75, 3.05) is 32.1 Å². The number of ether oxygens (including phenoxy) is 1. The average Bonchev–Trinajstić information content (AvgIpc) is 3.01. The van der Waals surface area contributed by atoms with Gasteiger partial charge in [0.15, 0.2) is 0 Å². The Morgan fingerprint density at radius 2 is 2.37 bits per heavy atom. The molecule has 3 rings (SSSR count). The molecular formula is C14H19N3O2. The fraction of sp³-hybridized carbons (Fsp3) is 0.500. The standard InChI is InChI=1S/C14H19N3O2/c1-19-12-4-2-3-11(7-12)16-14(18)17-6-5-10-8-15-9-13(10)17/h2-4,7,10,13,15H,5-6,8-9H2,1H3,(H,16,18)/t10-,13+/m0/s1. The van der Waals surface area contributed by atoms with E-state index in [9.17, 15) is 4.79 Å². The summed E-state index contributed by atoms with van der Waals surface area (Å²) < 4.78 is 5.16. The number of hydrogen-bond donors (Lipinski definition) is 2. The van der Waals surface area contributed by atoms with Gasteiger partial charge in [0, 0.05) is 37.4 Å². The van der Waals surface area contributed by atoms with Crippen LogP contribution in [0.1, 0.15) is 6.42 Å². The number of nitrogens with one attached hydrogen (secondary N) is 2. The molecular weight excluding hydrogens is 242 g/mol. The molecule has 2 heterocycles. The predicted molar refractivity (Wildman–Crippen MR) is 73.5 cm³/mol.